The quantitative estimate of drug-likeness (QED) is 0.560. The highest BCUT2D eigenvalue weighted by Gasteiger charge is 2.24. The molecule has 6 heteroatoms. The maximum absolute atomic E-state index is 12.3. The Morgan fingerprint density at radius 3 is 2.48 bits per heavy atom. The minimum Gasteiger partial charge on any atom is -0.497 e. The van der Waals surface area contributed by atoms with Crippen LogP contribution in [-0.4, -0.2) is 37.2 Å². The van der Waals surface area contributed by atoms with Crippen molar-refractivity contribution in [2.75, 3.05) is 20.2 Å². The molecule has 5 nitrogen and oxygen atoms in total. The summed E-state index contributed by atoms with van der Waals surface area (Å²) in [4.78, 5) is 14.7. The summed E-state index contributed by atoms with van der Waals surface area (Å²) >= 11 is 3.46. The average Bonchev–Trinajstić information content (AvgIpc) is 2.71. The van der Waals surface area contributed by atoms with Crippen molar-refractivity contribution in [1.29, 1.82) is 0 Å². The molecule has 1 amide bonds. The maximum Gasteiger partial charge on any atom is 0.243 e. The zero-order chi connectivity index (χ0) is 19.1. The number of rotatable bonds is 6. The standard InChI is InChI=1S/C21H24BrN3O2/c1-27-20-8-4-16(5-9-20)14-23-24-21(26)18-10-12-25(13-11-18)15-17-2-6-19(22)7-3-17/h2-9,14,18H,10-13,15H2,1H3,(H,24,26)/b23-14-. The first kappa shape index (κ1) is 19.6. The number of nitrogens with one attached hydrogen (secondary N) is 1. The minimum atomic E-state index is 0.00283. The van der Waals surface area contributed by atoms with Crippen LogP contribution in [0.25, 0.3) is 0 Å². The number of amides is 1. The third-order valence-corrected chi connectivity index (χ3v) is 5.31. The predicted molar refractivity (Wildman–Crippen MR) is 111 cm³/mol. The van der Waals surface area contributed by atoms with Gasteiger partial charge in [-0.05, 0) is 73.5 Å². The zero-order valence-corrected chi connectivity index (χ0v) is 17.0. The smallest absolute Gasteiger partial charge is 0.243 e. The van der Waals surface area contributed by atoms with E-state index >= 15 is 0 Å². The van der Waals surface area contributed by atoms with Crippen LogP contribution in [0.2, 0.25) is 0 Å². The number of methoxy groups -OCH3 is 1. The van der Waals surface area contributed by atoms with Crippen molar-refractivity contribution in [2.45, 2.75) is 19.4 Å². The molecule has 2 aromatic carbocycles. The molecule has 1 aliphatic rings. The van der Waals surface area contributed by atoms with Gasteiger partial charge in [0.05, 0.1) is 13.3 Å². The van der Waals surface area contributed by atoms with Crippen LogP contribution in [0.4, 0.5) is 0 Å². The maximum atomic E-state index is 12.3. The topological polar surface area (TPSA) is 53.9 Å². The summed E-state index contributed by atoms with van der Waals surface area (Å²) in [6.07, 6.45) is 3.38. The number of hydrazone groups is 1. The number of benzene rings is 2. The largest absolute Gasteiger partial charge is 0.497 e. The van der Waals surface area contributed by atoms with Crippen molar-refractivity contribution < 1.29 is 9.53 Å². The summed E-state index contributed by atoms with van der Waals surface area (Å²) in [5.41, 5.74) is 4.89. The average molecular weight is 430 g/mol. The van der Waals surface area contributed by atoms with Crippen LogP contribution >= 0.6 is 15.9 Å². The molecule has 1 fully saturated rings. The molecular weight excluding hydrogens is 406 g/mol. The van der Waals surface area contributed by atoms with Crippen LogP contribution in [-0.2, 0) is 11.3 Å². The second kappa shape index (κ2) is 9.67. The van der Waals surface area contributed by atoms with Crippen LogP contribution in [0.15, 0.2) is 58.1 Å². The Morgan fingerprint density at radius 2 is 1.85 bits per heavy atom. The normalized spacial score (nSPS) is 15.8. The Morgan fingerprint density at radius 1 is 1.19 bits per heavy atom. The van der Waals surface area contributed by atoms with E-state index < -0.39 is 0 Å². The van der Waals surface area contributed by atoms with Crippen molar-refractivity contribution in [3.8, 4) is 5.75 Å². The van der Waals surface area contributed by atoms with E-state index in [1.165, 1.54) is 5.56 Å². The van der Waals surface area contributed by atoms with Crippen molar-refractivity contribution >= 4 is 28.1 Å². The molecule has 0 unspecified atom stereocenters. The van der Waals surface area contributed by atoms with E-state index in [0.29, 0.717) is 0 Å². The molecule has 1 aliphatic heterocycles. The van der Waals surface area contributed by atoms with E-state index in [0.717, 1.165) is 48.3 Å². The summed E-state index contributed by atoms with van der Waals surface area (Å²) in [7, 11) is 1.63. The van der Waals surface area contributed by atoms with Gasteiger partial charge in [-0.15, -0.1) is 0 Å². The molecule has 0 bridgehead atoms. The van der Waals surface area contributed by atoms with E-state index in [-0.39, 0.29) is 11.8 Å². The lowest BCUT2D eigenvalue weighted by Crippen LogP contribution is -2.39. The van der Waals surface area contributed by atoms with Gasteiger partial charge in [-0.2, -0.15) is 5.10 Å². The Hall–Kier alpha value is -2.18. The number of halogens is 1. The monoisotopic (exact) mass is 429 g/mol. The first-order valence-electron chi connectivity index (χ1n) is 9.08. The lowest BCUT2D eigenvalue weighted by atomic mass is 9.96. The van der Waals surface area contributed by atoms with Gasteiger partial charge in [0.1, 0.15) is 5.75 Å². The highest BCUT2D eigenvalue weighted by molar-refractivity contribution is 9.10. The van der Waals surface area contributed by atoms with Gasteiger partial charge < -0.3 is 4.74 Å². The Kier molecular flexibility index (Phi) is 7.01. The van der Waals surface area contributed by atoms with E-state index in [1.54, 1.807) is 13.3 Å². The van der Waals surface area contributed by atoms with E-state index in [4.69, 9.17) is 4.74 Å². The van der Waals surface area contributed by atoms with Gasteiger partial charge >= 0.3 is 0 Å². The molecular formula is C21H24BrN3O2. The molecule has 0 saturated carbocycles. The summed E-state index contributed by atoms with van der Waals surface area (Å²) in [5, 5.41) is 4.08. The van der Waals surface area contributed by atoms with Gasteiger partial charge in [0.2, 0.25) is 5.91 Å². The molecule has 0 radical (unpaired) electrons. The van der Waals surface area contributed by atoms with Gasteiger partial charge in [-0.1, -0.05) is 28.1 Å². The fraction of sp³-hybridized carbons (Fsp3) is 0.333. The molecule has 1 N–H and O–H groups in total. The van der Waals surface area contributed by atoms with Gasteiger partial charge in [0, 0.05) is 16.9 Å². The summed E-state index contributed by atoms with van der Waals surface area (Å²) in [6.45, 7) is 2.78. The van der Waals surface area contributed by atoms with E-state index in [1.807, 2.05) is 24.3 Å². The van der Waals surface area contributed by atoms with Gasteiger partial charge in [0.25, 0.3) is 0 Å². The second-order valence-electron chi connectivity index (χ2n) is 6.68. The van der Waals surface area contributed by atoms with Gasteiger partial charge in [0.15, 0.2) is 0 Å². The van der Waals surface area contributed by atoms with E-state index in [9.17, 15) is 4.79 Å². The molecule has 1 saturated heterocycles. The Balaban J connectivity index is 1.42. The lowest BCUT2D eigenvalue weighted by molar-refractivity contribution is -0.126. The molecule has 0 atom stereocenters. The Bertz CT molecular complexity index is 767. The summed E-state index contributed by atoms with van der Waals surface area (Å²) in [5.74, 6) is 0.827. The van der Waals surface area contributed by atoms with E-state index in [2.05, 4.69) is 55.6 Å². The third-order valence-electron chi connectivity index (χ3n) is 4.78. The second-order valence-corrected chi connectivity index (χ2v) is 7.60. The molecule has 0 spiro atoms. The van der Waals surface area contributed by atoms with Crippen molar-refractivity contribution in [2.24, 2.45) is 11.0 Å². The first-order valence-corrected chi connectivity index (χ1v) is 9.87. The molecule has 2 aromatic rings. The SMILES string of the molecule is COc1ccc(/C=N\NC(=O)C2CCN(Cc3ccc(Br)cc3)CC2)cc1. The highest BCUT2D eigenvalue weighted by atomic mass is 79.9. The van der Waals surface area contributed by atoms with Crippen LogP contribution in [0.1, 0.15) is 24.0 Å². The molecule has 142 valence electrons. The lowest BCUT2D eigenvalue weighted by Gasteiger charge is -2.30. The number of likely N-dealkylation sites (tertiary alicyclic amines) is 1. The third kappa shape index (κ3) is 5.91. The number of piperidine rings is 1. The van der Waals surface area contributed by atoms with Crippen LogP contribution < -0.4 is 10.2 Å². The molecule has 27 heavy (non-hydrogen) atoms. The number of carbonyl (C=O) groups excluding carboxylic acids is 1. The van der Waals surface area contributed by atoms with Crippen LogP contribution in [0, 0.1) is 5.92 Å². The number of hydrogen-bond donors (Lipinski definition) is 1. The minimum absolute atomic E-state index is 0.00283. The van der Waals surface area contributed by atoms with Crippen molar-refractivity contribution in [1.82, 2.24) is 10.3 Å². The fourth-order valence-corrected chi connectivity index (χ4v) is 3.42. The number of nitrogens with zero attached hydrogens (tertiary/aromatic N) is 2. The highest BCUT2D eigenvalue weighted by Crippen LogP contribution is 2.20. The first-order chi connectivity index (χ1) is 13.1. The van der Waals surface area contributed by atoms with Gasteiger partial charge in [-0.3, -0.25) is 9.69 Å². The summed E-state index contributed by atoms with van der Waals surface area (Å²) in [6, 6.07) is 15.9. The summed E-state index contributed by atoms with van der Waals surface area (Å²) < 4.78 is 6.22. The number of ether oxygens (including phenoxy) is 1. The van der Waals surface area contributed by atoms with Crippen LogP contribution in [0.5, 0.6) is 5.75 Å². The predicted octanol–water partition coefficient (Wildman–Crippen LogP) is 3.82. The molecule has 0 aliphatic carbocycles. The Labute approximate surface area is 168 Å². The number of hydrogen-bond acceptors (Lipinski definition) is 4. The fourth-order valence-electron chi connectivity index (χ4n) is 3.15. The zero-order valence-electron chi connectivity index (χ0n) is 15.4. The molecule has 3 rings (SSSR count). The van der Waals surface area contributed by atoms with Crippen molar-refractivity contribution in [3.63, 3.8) is 0 Å². The molecule has 0 aromatic heterocycles. The van der Waals surface area contributed by atoms with Gasteiger partial charge in [-0.25, -0.2) is 5.43 Å². The molecule has 1 heterocycles. The van der Waals surface area contributed by atoms with Crippen molar-refractivity contribution in [3.05, 3.63) is 64.1 Å². The van der Waals surface area contributed by atoms with Crippen LogP contribution in [0.3, 0.4) is 0 Å². The number of carbonyl (C=O) groups is 1.